The van der Waals surface area contributed by atoms with Gasteiger partial charge < -0.3 is 15.0 Å². The number of nitrogens with one attached hydrogen (secondary N) is 1. The quantitative estimate of drug-likeness (QED) is 0.792. The Bertz CT molecular complexity index is 476. The van der Waals surface area contributed by atoms with E-state index in [9.17, 15) is 4.79 Å². The van der Waals surface area contributed by atoms with E-state index < -0.39 is 0 Å². The minimum Gasteiger partial charge on any atom is -0.376 e. The summed E-state index contributed by atoms with van der Waals surface area (Å²) in [6.07, 6.45) is 5.83. The number of aryl methyl sites for hydroxylation is 1. The second-order valence-corrected chi connectivity index (χ2v) is 6.10. The first kappa shape index (κ1) is 14.5. The van der Waals surface area contributed by atoms with E-state index >= 15 is 0 Å². The van der Waals surface area contributed by atoms with E-state index in [-0.39, 0.29) is 11.9 Å². The van der Waals surface area contributed by atoms with Crippen LogP contribution < -0.4 is 5.32 Å². The predicted molar refractivity (Wildman–Crippen MR) is 76.5 cm³/mol. The molecule has 4 atom stereocenters. The summed E-state index contributed by atoms with van der Waals surface area (Å²) >= 11 is 0. The van der Waals surface area contributed by atoms with Crippen molar-refractivity contribution < 1.29 is 9.53 Å². The van der Waals surface area contributed by atoms with Gasteiger partial charge in [-0.2, -0.15) is 5.10 Å². The Morgan fingerprint density at radius 1 is 1.52 bits per heavy atom. The smallest absolute Gasteiger partial charge is 0.220 e. The molecule has 0 spiro atoms. The number of hydrogen-bond donors (Lipinski definition) is 1. The van der Waals surface area contributed by atoms with E-state index in [0.29, 0.717) is 24.5 Å². The van der Waals surface area contributed by atoms with Crippen molar-refractivity contribution in [3.05, 3.63) is 12.7 Å². The Labute approximate surface area is 124 Å². The number of hydrogen-bond acceptors (Lipinski definition) is 5. The fourth-order valence-corrected chi connectivity index (χ4v) is 3.49. The molecule has 1 saturated carbocycles. The second-order valence-electron chi connectivity index (χ2n) is 6.10. The van der Waals surface area contributed by atoms with Crippen LogP contribution in [0.25, 0.3) is 0 Å². The van der Waals surface area contributed by atoms with Crippen LogP contribution >= 0.6 is 0 Å². The number of amides is 1. The van der Waals surface area contributed by atoms with Crippen LogP contribution in [0.4, 0.5) is 0 Å². The lowest BCUT2D eigenvalue weighted by Crippen LogP contribution is -2.69. The van der Waals surface area contributed by atoms with Gasteiger partial charge in [0.1, 0.15) is 12.7 Å². The molecule has 1 aliphatic carbocycles. The molecular formula is C14H23N5O2. The summed E-state index contributed by atoms with van der Waals surface area (Å²) in [6.45, 7) is 1.54. The zero-order valence-electron chi connectivity index (χ0n) is 12.6. The van der Waals surface area contributed by atoms with Gasteiger partial charge in [0.2, 0.25) is 5.91 Å². The normalized spacial score (nSPS) is 31.0. The molecule has 2 aliphatic rings. The van der Waals surface area contributed by atoms with Crippen molar-refractivity contribution in [1.82, 2.24) is 25.0 Å². The molecule has 0 aromatic carbocycles. The van der Waals surface area contributed by atoms with Crippen LogP contribution in [0.1, 0.15) is 19.3 Å². The highest BCUT2D eigenvalue weighted by Crippen LogP contribution is 2.41. The monoisotopic (exact) mass is 293 g/mol. The Balaban J connectivity index is 1.45. The third kappa shape index (κ3) is 2.94. The van der Waals surface area contributed by atoms with Crippen LogP contribution in [0.5, 0.6) is 0 Å². The fraction of sp³-hybridized carbons (Fsp3) is 0.786. The lowest BCUT2D eigenvalue weighted by molar-refractivity contribution is -0.128. The number of carbonyl (C=O) groups excluding carboxylic acids is 1. The molecule has 1 amide bonds. The molecule has 21 heavy (non-hydrogen) atoms. The van der Waals surface area contributed by atoms with Crippen molar-refractivity contribution in [1.29, 1.82) is 0 Å². The summed E-state index contributed by atoms with van der Waals surface area (Å²) in [7, 11) is 4.10. The van der Waals surface area contributed by atoms with Crippen molar-refractivity contribution in [2.75, 3.05) is 20.7 Å². The Morgan fingerprint density at radius 3 is 3.10 bits per heavy atom. The van der Waals surface area contributed by atoms with E-state index in [2.05, 4.69) is 20.3 Å². The molecule has 116 valence electrons. The Kier molecular flexibility index (Phi) is 4.21. The van der Waals surface area contributed by atoms with E-state index in [0.717, 1.165) is 26.0 Å². The van der Waals surface area contributed by atoms with Crippen LogP contribution in [-0.2, 0) is 16.1 Å². The van der Waals surface area contributed by atoms with Crippen molar-refractivity contribution in [3.63, 3.8) is 0 Å². The SMILES string of the molecule is CN(C)[C@@H]1[C@@H](NC(=O)CCCn2cncn2)[C@H]2CCO[C@H]21. The lowest BCUT2D eigenvalue weighted by Gasteiger charge is -2.50. The highest BCUT2D eigenvalue weighted by molar-refractivity contribution is 5.76. The van der Waals surface area contributed by atoms with Crippen LogP contribution in [-0.4, -0.2) is 64.5 Å². The summed E-state index contributed by atoms with van der Waals surface area (Å²) in [4.78, 5) is 18.2. The van der Waals surface area contributed by atoms with Gasteiger partial charge >= 0.3 is 0 Å². The largest absolute Gasteiger partial charge is 0.376 e. The maximum atomic E-state index is 12.1. The average molecular weight is 293 g/mol. The number of fused-ring (bicyclic) bond motifs is 1. The first-order valence-corrected chi connectivity index (χ1v) is 7.56. The van der Waals surface area contributed by atoms with Crippen molar-refractivity contribution in [2.45, 2.75) is 44.0 Å². The molecule has 0 radical (unpaired) electrons. The van der Waals surface area contributed by atoms with Crippen LogP contribution in [0.2, 0.25) is 0 Å². The van der Waals surface area contributed by atoms with Crippen molar-refractivity contribution >= 4 is 5.91 Å². The van der Waals surface area contributed by atoms with Crippen molar-refractivity contribution in [2.24, 2.45) is 5.92 Å². The highest BCUT2D eigenvalue weighted by Gasteiger charge is 2.55. The molecule has 3 rings (SSSR count). The minimum atomic E-state index is 0.123. The Morgan fingerprint density at radius 2 is 2.38 bits per heavy atom. The summed E-state index contributed by atoms with van der Waals surface area (Å²) in [6, 6.07) is 0.531. The standard InChI is InChI=1S/C14H23N5O2/c1-18(2)13-12(10-5-7-21-14(10)13)17-11(20)4-3-6-19-9-15-8-16-19/h8-10,12-14H,3-7H2,1-2H3,(H,17,20)/t10-,12+,13-,14-/m1/s1. The second kappa shape index (κ2) is 6.11. The Hall–Kier alpha value is -1.47. The molecule has 2 fully saturated rings. The number of aromatic nitrogens is 3. The third-order valence-corrected chi connectivity index (χ3v) is 4.53. The molecule has 0 unspecified atom stereocenters. The maximum absolute atomic E-state index is 12.1. The summed E-state index contributed by atoms with van der Waals surface area (Å²) in [5.74, 6) is 0.606. The molecular weight excluding hydrogens is 270 g/mol. The first-order valence-electron chi connectivity index (χ1n) is 7.56. The van der Waals surface area contributed by atoms with Crippen LogP contribution in [0.3, 0.4) is 0 Å². The first-order chi connectivity index (χ1) is 10.2. The topological polar surface area (TPSA) is 72.3 Å². The fourth-order valence-electron chi connectivity index (χ4n) is 3.49. The zero-order valence-corrected chi connectivity index (χ0v) is 12.6. The number of ether oxygens (including phenoxy) is 1. The van der Waals surface area contributed by atoms with Crippen LogP contribution in [0, 0.1) is 5.92 Å². The van der Waals surface area contributed by atoms with Gasteiger partial charge in [-0.3, -0.25) is 9.48 Å². The van der Waals surface area contributed by atoms with Gasteiger partial charge in [-0.15, -0.1) is 0 Å². The van der Waals surface area contributed by atoms with E-state index in [1.165, 1.54) is 6.33 Å². The summed E-state index contributed by atoms with van der Waals surface area (Å²) in [5.41, 5.74) is 0. The molecule has 2 heterocycles. The number of rotatable bonds is 6. The van der Waals surface area contributed by atoms with Gasteiger partial charge in [-0.05, 0) is 26.9 Å². The van der Waals surface area contributed by atoms with E-state index in [1.807, 2.05) is 14.1 Å². The van der Waals surface area contributed by atoms with Gasteiger partial charge in [0.25, 0.3) is 0 Å². The van der Waals surface area contributed by atoms with Gasteiger partial charge in [-0.25, -0.2) is 4.98 Å². The van der Waals surface area contributed by atoms with Crippen molar-refractivity contribution in [3.8, 4) is 0 Å². The van der Waals surface area contributed by atoms with Crippen LogP contribution in [0.15, 0.2) is 12.7 Å². The number of nitrogens with zero attached hydrogens (tertiary/aromatic N) is 4. The average Bonchev–Trinajstić information content (AvgIpc) is 3.05. The summed E-state index contributed by atoms with van der Waals surface area (Å²) in [5, 5.41) is 7.22. The number of carbonyl (C=O) groups is 1. The van der Waals surface area contributed by atoms with Gasteiger partial charge in [0, 0.05) is 25.5 Å². The highest BCUT2D eigenvalue weighted by atomic mass is 16.5. The molecule has 1 saturated heterocycles. The number of likely N-dealkylation sites (N-methyl/N-ethyl adjacent to an activating group) is 1. The molecule has 1 aromatic heterocycles. The molecule has 1 N–H and O–H groups in total. The van der Waals surface area contributed by atoms with E-state index in [1.54, 1.807) is 11.0 Å². The van der Waals surface area contributed by atoms with Gasteiger partial charge in [-0.1, -0.05) is 0 Å². The van der Waals surface area contributed by atoms with Gasteiger partial charge in [0.15, 0.2) is 0 Å². The zero-order chi connectivity index (χ0) is 14.8. The van der Waals surface area contributed by atoms with Gasteiger partial charge in [0.05, 0.1) is 18.2 Å². The third-order valence-electron chi connectivity index (χ3n) is 4.53. The molecule has 1 aliphatic heterocycles. The predicted octanol–water partition coefficient (Wildman–Crippen LogP) is -0.108. The van der Waals surface area contributed by atoms with E-state index in [4.69, 9.17) is 4.74 Å². The molecule has 0 bridgehead atoms. The molecule has 7 nitrogen and oxygen atoms in total. The lowest BCUT2D eigenvalue weighted by atomic mass is 9.71. The molecule has 1 aromatic rings. The molecule has 7 heteroatoms. The summed E-state index contributed by atoms with van der Waals surface area (Å²) < 4.78 is 7.51. The maximum Gasteiger partial charge on any atom is 0.220 e. The minimum absolute atomic E-state index is 0.123.